The first-order valence-corrected chi connectivity index (χ1v) is 10.9. The molecule has 1 fully saturated rings. The van der Waals surface area contributed by atoms with Crippen LogP contribution in [-0.2, 0) is 14.3 Å². The maximum Gasteiger partial charge on any atom is 0.305 e. The normalized spacial score (nSPS) is 26.3. The summed E-state index contributed by atoms with van der Waals surface area (Å²) in [5.74, 6) is -0.937. The second-order valence-electron chi connectivity index (χ2n) is 8.03. The van der Waals surface area contributed by atoms with E-state index in [1.807, 2.05) is 0 Å². The molecule has 0 spiro atoms. The number of ether oxygens (including phenoxy) is 2. The molecule has 1 aliphatic heterocycles. The molecule has 0 saturated carbocycles. The predicted octanol–water partition coefficient (Wildman–Crippen LogP) is 2.99. The van der Waals surface area contributed by atoms with Crippen LogP contribution in [0, 0.1) is 0 Å². The third-order valence-corrected chi connectivity index (χ3v) is 5.31. The van der Waals surface area contributed by atoms with E-state index in [1.165, 1.54) is 32.1 Å². The van der Waals surface area contributed by atoms with Crippen molar-refractivity contribution in [1.29, 1.82) is 0 Å². The van der Waals surface area contributed by atoms with E-state index >= 15 is 0 Å². The molecular formula is C21H40O7. The molecule has 5 atom stereocenters. The molecule has 1 saturated heterocycles. The fraction of sp³-hybridized carbons (Fsp3) is 0.952. The zero-order valence-corrected chi connectivity index (χ0v) is 17.3. The van der Waals surface area contributed by atoms with Crippen molar-refractivity contribution < 1.29 is 34.7 Å². The molecule has 0 aromatic carbocycles. The molecule has 1 rings (SSSR count). The van der Waals surface area contributed by atoms with Crippen LogP contribution in [0.15, 0.2) is 0 Å². The van der Waals surface area contributed by atoms with Gasteiger partial charge in [-0.05, 0) is 19.8 Å². The third-order valence-electron chi connectivity index (χ3n) is 5.31. The van der Waals surface area contributed by atoms with E-state index in [-0.39, 0.29) is 12.5 Å². The van der Waals surface area contributed by atoms with E-state index in [9.17, 15) is 20.1 Å². The Kier molecular flexibility index (Phi) is 13.7. The maximum absolute atomic E-state index is 10.4. The standard InChI is InChI=1S/C21H40O7/c1-16-18(23)15-19(24)21(28-16)27-13-11-9-7-5-3-2-4-6-8-10-12-17(22)14-20(25)26/h16-19,21-24H,2-15H2,1H3,(H,25,26)/t16?,17-,18-,19?,21-/m1/s1. The summed E-state index contributed by atoms with van der Waals surface area (Å²) < 4.78 is 11.1. The second kappa shape index (κ2) is 15.2. The lowest BCUT2D eigenvalue weighted by atomic mass is 10.0. The summed E-state index contributed by atoms with van der Waals surface area (Å²) in [6.07, 6.45) is 8.88. The lowest BCUT2D eigenvalue weighted by Gasteiger charge is -2.35. The van der Waals surface area contributed by atoms with Crippen LogP contribution in [0.3, 0.4) is 0 Å². The molecule has 0 aromatic rings. The minimum atomic E-state index is -0.937. The van der Waals surface area contributed by atoms with Gasteiger partial charge >= 0.3 is 5.97 Å². The molecule has 1 aliphatic rings. The van der Waals surface area contributed by atoms with Crippen molar-refractivity contribution in [1.82, 2.24) is 0 Å². The van der Waals surface area contributed by atoms with Gasteiger partial charge in [0.05, 0.1) is 24.7 Å². The van der Waals surface area contributed by atoms with Gasteiger partial charge in [-0.15, -0.1) is 0 Å². The van der Waals surface area contributed by atoms with Crippen LogP contribution in [0.5, 0.6) is 0 Å². The molecule has 0 radical (unpaired) electrons. The number of aliphatic hydroxyl groups excluding tert-OH is 3. The first-order chi connectivity index (χ1) is 13.4. The van der Waals surface area contributed by atoms with Crippen molar-refractivity contribution in [2.45, 2.75) is 121 Å². The molecular weight excluding hydrogens is 364 g/mol. The number of aliphatic carboxylic acids is 1. The summed E-state index contributed by atoms with van der Waals surface area (Å²) in [5, 5.41) is 37.5. The fourth-order valence-electron chi connectivity index (χ4n) is 3.49. The summed E-state index contributed by atoms with van der Waals surface area (Å²) in [6.45, 7) is 2.36. The largest absolute Gasteiger partial charge is 0.481 e. The molecule has 0 amide bonds. The van der Waals surface area contributed by atoms with Crippen LogP contribution >= 0.6 is 0 Å². The van der Waals surface area contributed by atoms with Gasteiger partial charge in [-0.1, -0.05) is 57.8 Å². The summed E-state index contributed by atoms with van der Waals surface area (Å²) in [4.78, 5) is 10.4. The van der Waals surface area contributed by atoms with Crippen molar-refractivity contribution in [3.8, 4) is 0 Å². The fourth-order valence-corrected chi connectivity index (χ4v) is 3.49. The van der Waals surface area contributed by atoms with Crippen LogP contribution in [0.1, 0.15) is 90.4 Å². The smallest absolute Gasteiger partial charge is 0.305 e. The van der Waals surface area contributed by atoms with Gasteiger partial charge < -0.3 is 29.9 Å². The molecule has 7 nitrogen and oxygen atoms in total. The molecule has 7 heteroatoms. The molecule has 0 aliphatic carbocycles. The number of carboxylic acid groups (broad SMARTS) is 1. The second-order valence-corrected chi connectivity index (χ2v) is 8.03. The van der Waals surface area contributed by atoms with E-state index in [4.69, 9.17) is 14.6 Å². The minimum Gasteiger partial charge on any atom is -0.481 e. The monoisotopic (exact) mass is 404 g/mol. The number of rotatable bonds is 16. The van der Waals surface area contributed by atoms with Gasteiger partial charge in [0.15, 0.2) is 6.29 Å². The number of carbonyl (C=O) groups is 1. The Bertz CT molecular complexity index is 404. The Morgan fingerprint density at radius 3 is 2.07 bits per heavy atom. The van der Waals surface area contributed by atoms with E-state index in [0.717, 1.165) is 32.1 Å². The Hall–Kier alpha value is -0.730. The highest BCUT2D eigenvalue weighted by atomic mass is 16.7. The van der Waals surface area contributed by atoms with E-state index in [1.54, 1.807) is 6.92 Å². The Labute approximate surface area is 169 Å². The quantitative estimate of drug-likeness (QED) is 0.292. The molecule has 0 bridgehead atoms. The number of carboxylic acids is 1. The minimum absolute atomic E-state index is 0.151. The van der Waals surface area contributed by atoms with Gasteiger partial charge in [0.2, 0.25) is 0 Å². The van der Waals surface area contributed by atoms with Gasteiger partial charge in [-0.3, -0.25) is 4.79 Å². The predicted molar refractivity (Wildman–Crippen MR) is 106 cm³/mol. The van der Waals surface area contributed by atoms with E-state index < -0.39 is 30.6 Å². The van der Waals surface area contributed by atoms with Crippen molar-refractivity contribution in [2.24, 2.45) is 0 Å². The van der Waals surface area contributed by atoms with Gasteiger partial charge in [0.25, 0.3) is 0 Å². The van der Waals surface area contributed by atoms with E-state index in [0.29, 0.717) is 19.4 Å². The van der Waals surface area contributed by atoms with Crippen molar-refractivity contribution in [2.75, 3.05) is 6.61 Å². The van der Waals surface area contributed by atoms with Gasteiger partial charge in [0.1, 0.15) is 6.10 Å². The van der Waals surface area contributed by atoms with Gasteiger partial charge in [-0.2, -0.15) is 0 Å². The molecule has 0 aromatic heterocycles. The van der Waals surface area contributed by atoms with Crippen LogP contribution in [0.25, 0.3) is 0 Å². The Morgan fingerprint density at radius 2 is 1.50 bits per heavy atom. The van der Waals surface area contributed by atoms with Crippen molar-refractivity contribution in [3.63, 3.8) is 0 Å². The topological polar surface area (TPSA) is 116 Å². The molecule has 28 heavy (non-hydrogen) atoms. The zero-order valence-electron chi connectivity index (χ0n) is 17.3. The molecule has 166 valence electrons. The maximum atomic E-state index is 10.4. The highest BCUT2D eigenvalue weighted by molar-refractivity contribution is 5.67. The van der Waals surface area contributed by atoms with Crippen LogP contribution < -0.4 is 0 Å². The lowest BCUT2D eigenvalue weighted by molar-refractivity contribution is -0.261. The van der Waals surface area contributed by atoms with E-state index in [2.05, 4.69) is 0 Å². The summed E-state index contributed by atoms with van der Waals surface area (Å²) in [5.41, 5.74) is 0. The Balaban J connectivity index is 1.83. The summed E-state index contributed by atoms with van der Waals surface area (Å²) in [6, 6.07) is 0. The Morgan fingerprint density at radius 1 is 0.964 bits per heavy atom. The summed E-state index contributed by atoms with van der Waals surface area (Å²) in [7, 11) is 0. The van der Waals surface area contributed by atoms with Crippen molar-refractivity contribution >= 4 is 5.97 Å². The van der Waals surface area contributed by atoms with Crippen LogP contribution in [0.4, 0.5) is 0 Å². The first kappa shape index (κ1) is 25.3. The number of unbranched alkanes of at least 4 members (excludes halogenated alkanes) is 9. The zero-order chi connectivity index (χ0) is 20.8. The number of hydrogen-bond donors (Lipinski definition) is 4. The number of aliphatic hydroxyl groups is 3. The molecule has 4 N–H and O–H groups in total. The van der Waals surface area contributed by atoms with Crippen LogP contribution in [-0.4, -0.2) is 63.7 Å². The third kappa shape index (κ3) is 12.0. The summed E-state index contributed by atoms with van der Waals surface area (Å²) >= 11 is 0. The first-order valence-electron chi connectivity index (χ1n) is 10.9. The van der Waals surface area contributed by atoms with Crippen LogP contribution in [0.2, 0.25) is 0 Å². The molecule has 2 unspecified atom stereocenters. The highest BCUT2D eigenvalue weighted by Gasteiger charge is 2.34. The molecule has 1 heterocycles. The number of hydrogen-bond acceptors (Lipinski definition) is 6. The average Bonchev–Trinajstić information content (AvgIpc) is 2.62. The lowest BCUT2D eigenvalue weighted by Crippen LogP contribution is -2.47. The van der Waals surface area contributed by atoms with Gasteiger partial charge in [-0.25, -0.2) is 0 Å². The van der Waals surface area contributed by atoms with Gasteiger partial charge in [0, 0.05) is 13.0 Å². The SMILES string of the molecule is CC1O[C@@H](OCCCCCCCCCCCC[C@@H](O)CC(=O)O)C(O)C[C@H]1O. The average molecular weight is 405 g/mol. The highest BCUT2D eigenvalue weighted by Crippen LogP contribution is 2.21. The van der Waals surface area contributed by atoms with Crippen molar-refractivity contribution in [3.05, 3.63) is 0 Å².